The van der Waals surface area contributed by atoms with Crippen LogP contribution in [0, 0.1) is 5.92 Å². The van der Waals surface area contributed by atoms with Crippen LogP contribution < -0.4 is 0 Å². The Labute approximate surface area is 94.7 Å². The molecule has 0 aromatic carbocycles. The molecule has 2 aliphatic heterocycles. The van der Waals surface area contributed by atoms with Crippen molar-refractivity contribution in [2.45, 2.75) is 25.8 Å². The van der Waals surface area contributed by atoms with Crippen LogP contribution in [0.5, 0.6) is 0 Å². The Morgan fingerprint density at radius 1 is 1.62 bits per heavy atom. The number of piperidine rings is 1. The van der Waals surface area contributed by atoms with Gasteiger partial charge >= 0.3 is 5.97 Å². The van der Waals surface area contributed by atoms with Crippen molar-refractivity contribution in [2.75, 3.05) is 26.4 Å². The van der Waals surface area contributed by atoms with Gasteiger partial charge in [0.1, 0.15) is 6.61 Å². The van der Waals surface area contributed by atoms with E-state index in [1.807, 2.05) is 0 Å². The Kier molecular flexibility index (Phi) is 3.43. The van der Waals surface area contributed by atoms with Crippen LogP contribution in [-0.4, -0.2) is 49.2 Å². The standard InChI is InChI=1S/C11H17NO4/c1-2-16-11(14)8-4-3-5-12-9(8)6-15-7-10(12)13/h8-9H,2-7H2,1H3/t8-,9-/m1/s1. The van der Waals surface area contributed by atoms with Crippen molar-refractivity contribution in [2.24, 2.45) is 5.92 Å². The number of ether oxygens (including phenoxy) is 2. The summed E-state index contributed by atoms with van der Waals surface area (Å²) in [6.07, 6.45) is 1.66. The molecule has 2 aliphatic rings. The summed E-state index contributed by atoms with van der Waals surface area (Å²) in [6, 6.07) is -0.117. The molecule has 90 valence electrons. The molecular weight excluding hydrogens is 210 g/mol. The Bertz CT molecular complexity index is 292. The van der Waals surface area contributed by atoms with Crippen LogP contribution in [-0.2, 0) is 19.1 Å². The monoisotopic (exact) mass is 227 g/mol. The lowest BCUT2D eigenvalue weighted by Gasteiger charge is -2.42. The SMILES string of the molecule is CCOC(=O)[C@@H]1CCCN2C(=O)COC[C@H]12. The molecule has 0 spiro atoms. The van der Waals surface area contributed by atoms with Crippen LogP contribution in [0.25, 0.3) is 0 Å². The van der Waals surface area contributed by atoms with E-state index in [1.54, 1.807) is 11.8 Å². The molecule has 0 bridgehead atoms. The highest BCUT2D eigenvalue weighted by Crippen LogP contribution is 2.27. The maximum atomic E-state index is 11.7. The van der Waals surface area contributed by atoms with E-state index in [1.165, 1.54) is 0 Å². The van der Waals surface area contributed by atoms with Gasteiger partial charge < -0.3 is 14.4 Å². The Morgan fingerprint density at radius 3 is 3.19 bits per heavy atom. The number of fused-ring (bicyclic) bond motifs is 1. The summed E-state index contributed by atoms with van der Waals surface area (Å²) in [7, 11) is 0. The Hall–Kier alpha value is -1.10. The molecule has 2 rings (SSSR count). The van der Waals surface area contributed by atoms with E-state index in [0.29, 0.717) is 13.2 Å². The van der Waals surface area contributed by atoms with E-state index in [2.05, 4.69) is 0 Å². The molecular formula is C11H17NO4. The summed E-state index contributed by atoms with van der Waals surface area (Å²) in [5.74, 6) is -0.418. The number of morpholine rings is 1. The minimum atomic E-state index is -0.210. The van der Waals surface area contributed by atoms with E-state index in [4.69, 9.17) is 9.47 Å². The predicted octanol–water partition coefficient (Wildman–Crippen LogP) is 0.187. The topological polar surface area (TPSA) is 55.8 Å². The van der Waals surface area contributed by atoms with Gasteiger partial charge in [0.15, 0.2) is 0 Å². The highest BCUT2D eigenvalue weighted by Gasteiger charge is 2.41. The minimum Gasteiger partial charge on any atom is -0.466 e. The molecule has 2 fully saturated rings. The van der Waals surface area contributed by atoms with Gasteiger partial charge in [-0.15, -0.1) is 0 Å². The molecule has 2 heterocycles. The van der Waals surface area contributed by atoms with Crippen LogP contribution in [0.2, 0.25) is 0 Å². The molecule has 0 N–H and O–H groups in total. The molecule has 16 heavy (non-hydrogen) atoms. The van der Waals surface area contributed by atoms with E-state index in [-0.39, 0.29) is 30.4 Å². The Balaban J connectivity index is 2.08. The number of esters is 1. The first-order chi connectivity index (χ1) is 7.74. The molecule has 0 aromatic heterocycles. The maximum absolute atomic E-state index is 11.7. The third kappa shape index (κ3) is 2.04. The number of carbonyl (C=O) groups is 2. The van der Waals surface area contributed by atoms with Gasteiger partial charge in [-0.2, -0.15) is 0 Å². The minimum absolute atomic E-state index is 0.00903. The largest absolute Gasteiger partial charge is 0.466 e. The maximum Gasteiger partial charge on any atom is 0.311 e. The fourth-order valence-electron chi connectivity index (χ4n) is 2.45. The van der Waals surface area contributed by atoms with E-state index >= 15 is 0 Å². The second kappa shape index (κ2) is 4.82. The summed E-state index contributed by atoms with van der Waals surface area (Å²) in [5.41, 5.74) is 0. The van der Waals surface area contributed by atoms with Gasteiger partial charge in [-0.1, -0.05) is 0 Å². The Morgan fingerprint density at radius 2 is 2.44 bits per heavy atom. The molecule has 0 unspecified atom stereocenters. The summed E-state index contributed by atoms with van der Waals surface area (Å²) < 4.78 is 10.2. The molecule has 0 radical (unpaired) electrons. The second-order valence-corrected chi connectivity index (χ2v) is 4.17. The fourth-order valence-corrected chi connectivity index (χ4v) is 2.45. The number of rotatable bonds is 2. The zero-order valence-corrected chi connectivity index (χ0v) is 9.48. The predicted molar refractivity (Wildman–Crippen MR) is 55.7 cm³/mol. The molecule has 5 nitrogen and oxygen atoms in total. The zero-order valence-electron chi connectivity index (χ0n) is 9.48. The lowest BCUT2D eigenvalue weighted by molar-refractivity contribution is -0.164. The highest BCUT2D eigenvalue weighted by atomic mass is 16.5. The van der Waals surface area contributed by atoms with Gasteiger partial charge in [-0.05, 0) is 19.8 Å². The first-order valence-electron chi connectivity index (χ1n) is 5.78. The fraction of sp³-hybridized carbons (Fsp3) is 0.818. The van der Waals surface area contributed by atoms with Gasteiger partial charge in [0.2, 0.25) is 5.91 Å². The average Bonchev–Trinajstić information content (AvgIpc) is 2.29. The van der Waals surface area contributed by atoms with Gasteiger partial charge in [0, 0.05) is 6.54 Å². The third-order valence-electron chi connectivity index (χ3n) is 3.20. The summed E-state index contributed by atoms with van der Waals surface area (Å²) >= 11 is 0. The quantitative estimate of drug-likeness (QED) is 0.632. The molecule has 0 aliphatic carbocycles. The number of carbonyl (C=O) groups excluding carboxylic acids is 2. The number of hydrogen-bond acceptors (Lipinski definition) is 4. The van der Waals surface area contributed by atoms with E-state index < -0.39 is 0 Å². The van der Waals surface area contributed by atoms with Gasteiger partial charge in [-0.25, -0.2) is 0 Å². The molecule has 5 heteroatoms. The molecule has 0 aromatic rings. The molecule has 2 atom stereocenters. The lowest BCUT2D eigenvalue weighted by Crippen LogP contribution is -2.57. The average molecular weight is 227 g/mol. The van der Waals surface area contributed by atoms with Crippen molar-refractivity contribution in [1.82, 2.24) is 4.90 Å². The van der Waals surface area contributed by atoms with Crippen LogP contribution >= 0.6 is 0 Å². The van der Waals surface area contributed by atoms with Crippen molar-refractivity contribution in [1.29, 1.82) is 0 Å². The summed E-state index contributed by atoms with van der Waals surface area (Å²) in [5, 5.41) is 0. The van der Waals surface area contributed by atoms with Crippen molar-refractivity contribution in [3.05, 3.63) is 0 Å². The second-order valence-electron chi connectivity index (χ2n) is 4.17. The van der Waals surface area contributed by atoms with Crippen LogP contribution in [0.15, 0.2) is 0 Å². The normalized spacial score (nSPS) is 29.8. The molecule has 0 saturated carbocycles. The summed E-state index contributed by atoms with van der Waals surface area (Å²) in [6.45, 7) is 3.52. The van der Waals surface area contributed by atoms with Crippen molar-refractivity contribution in [3.8, 4) is 0 Å². The van der Waals surface area contributed by atoms with Crippen molar-refractivity contribution in [3.63, 3.8) is 0 Å². The smallest absolute Gasteiger partial charge is 0.311 e. The summed E-state index contributed by atoms with van der Waals surface area (Å²) in [4.78, 5) is 25.1. The molecule has 2 saturated heterocycles. The number of hydrogen-bond donors (Lipinski definition) is 0. The van der Waals surface area contributed by atoms with Gasteiger partial charge in [0.05, 0.1) is 25.2 Å². The first-order valence-corrected chi connectivity index (χ1v) is 5.78. The number of nitrogens with zero attached hydrogens (tertiary/aromatic N) is 1. The van der Waals surface area contributed by atoms with Gasteiger partial charge in [-0.3, -0.25) is 9.59 Å². The van der Waals surface area contributed by atoms with Crippen LogP contribution in [0.4, 0.5) is 0 Å². The van der Waals surface area contributed by atoms with Crippen molar-refractivity contribution >= 4 is 11.9 Å². The van der Waals surface area contributed by atoms with Crippen LogP contribution in [0.1, 0.15) is 19.8 Å². The highest BCUT2D eigenvalue weighted by molar-refractivity contribution is 5.81. The lowest BCUT2D eigenvalue weighted by atomic mass is 9.89. The molecule has 1 amide bonds. The third-order valence-corrected chi connectivity index (χ3v) is 3.20. The zero-order chi connectivity index (χ0) is 11.5. The van der Waals surface area contributed by atoms with E-state index in [0.717, 1.165) is 19.4 Å². The first kappa shape index (κ1) is 11.4. The van der Waals surface area contributed by atoms with E-state index in [9.17, 15) is 9.59 Å². The number of amides is 1. The van der Waals surface area contributed by atoms with Crippen molar-refractivity contribution < 1.29 is 19.1 Å². The van der Waals surface area contributed by atoms with Gasteiger partial charge in [0.25, 0.3) is 0 Å². The van der Waals surface area contributed by atoms with Crippen LogP contribution in [0.3, 0.4) is 0 Å².